The average molecular weight is 275 g/mol. The van der Waals surface area contributed by atoms with Crippen molar-refractivity contribution in [3.05, 3.63) is 36.2 Å². The van der Waals surface area contributed by atoms with Crippen molar-refractivity contribution < 1.29 is 14.6 Å². The van der Waals surface area contributed by atoms with Crippen molar-refractivity contribution in [1.82, 2.24) is 15.0 Å². The van der Waals surface area contributed by atoms with Crippen molar-refractivity contribution in [1.29, 1.82) is 0 Å². The molecule has 106 valence electrons. The lowest BCUT2D eigenvalue weighted by Gasteiger charge is -2.02. The molecule has 1 aromatic heterocycles. The second kappa shape index (κ2) is 6.70. The van der Waals surface area contributed by atoms with Crippen LogP contribution in [-0.4, -0.2) is 33.2 Å². The van der Waals surface area contributed by atoms with E-state index >= 15 is 0 Å². The van der Waals surface area contributed by atoms with Gasteiger partial charge in [0.15, 0.2) is 0 Å². The molecule has 1 heterocycles. The maximum atomic E-state index is 10.4. The van der Waals surface area contributed by atoms with E-state index in [0.29, 0.717) is 6.42 Å². The topological polar surface area (TPSA) is 77.2 Å². The lowest BCUT2D eigenvalue weighted by molar-refractivity contribution is -0.137. The predicted molar refractivity (Wildman–Crippen MR) is 73.1 cm³/mol. The molecule has 0 aliphatic carbocycles. The van der Waals surface area contributed by atoms with Crippen molar-refractivity contribution in [2.75, 3.05) is 7.11 Å². The Labute approximate surface area is 117 Å². The van der Waals surface area contributed by atoms with Crippen LogP contribution >= 0.6 is 0 Å². The van der Waals surface area contributed by atoms with Crippen LogP contribution in [0.4, 0.5) is 0 Å². The smallest absolute Gasteiger partial charge is 0.303 e. The highest BCUT2D eigenvalue weighted by molar-refractivity contribution is 5.66. The molecule has 0 aliphatic rings. The average Bonchev–Trinajstić information content (AvgIpc) is 2.92. The minimum absolute atomic E-state index is 0.201. The van der Waals surface area contributed by atoms with Gasteiger partial charge in [0.05, 0.1) is 24.7 Å². The van der Waals surface area contributed by atoms with Crippen LogP contribution in [0.3, 0.4) is 0 Å². The molecular formula is C14H17N3O3. The lowest BCUT2D eigenvalue weighted by atomic mass is 10.1. The van der Waals surface area contributed by atoms with Gasteiger partial charge >= 0.3 is 5.97 Å². The molecule has 1 N–H and O–H groups in total. The van der Waals surface area contributed by atoms with Gasteiger partial charge in [-0.3, -0.25) is 4.79 Å². The number of rotatable bonds is 7. The second-order valence-corrected chi connectivity index (χ2v) is 4.45. The van der Waals surface area contributed by atoms with Gasteiger partial charge in [0, 0.05) is 6.42 Å². The van der Waals surface area contributed by atoms with Gasteiger partial charge in [-0.05, 0) is 43.5 Å². The number of nitrogens with zero attached hydrogens (tertiary/aromatic N) is 3. The number of benzene rings is 1. The molecule has 6 heteroatoms. The molecule has 0 atom stereocenters. The molecule has 0 spiro atoms. The number of hydrogen-bond acceptors (Lipinski definition) is 4. The van der Waals surface area contributed by atoms with Crippen molar-refractivity contribution in [2.24, 2.45) is 0 Å². The van der Waals surface area contributed by atoms with Crippen LogP contribution in [0.5, 0.6) is 5.75 Å². The van der Waals surface area contributed by atoms with Gasteiger partial charge in [-0.2, -0.15) is 0 Å². The molecule has 0 saturated carbocycles. The SMILES string of the molecule is COc1ccc(-n2cc(CCCCC(=O)O)nn2)cc1. The van der Waals surface area contributed by atoms with Gasteiger partial charge in [-0.15, -0.1) is 5.10 Å². The van der Waals surface area contributed by atoms with Gasteiger partial charge in [0.1, 0.15) is 5.75 Å². The summed E-state index contributed by atoms with van der Waals surface area (Å²) in [6.07, 6.45) is 4.26. The Bertz CT molecular complexity index is 563. The third-order valence-electron chi connectivity index (χ3n) is 2.95. The Hall–Kier alpha value is -2.37. The number of unbranched alkanes of at least 4 members (excludes halogenated alkanes) is 1. The first-order valence-electron chi connectivity index (χ1n) is 6.46. The zero-order chi connectivity index (χ0) is 14.4. The van der Waals surface area contributed by atoms with Crippen molar-refractivity contribution in [2.45, 2.75) is 25.7 Å². The molecule has 1 aromatic carbocycles. The molecule has 2 aromatic rings. The zero-order valence-corrected chi connectivity index (χ0v) is 11.3. The Kier molecular flexibility index (Phi) is 4.70. The van der Waals surface area contributed by atoms with Gasteiger partial charge in [-0.1, -0.05) is 5.21 Å². The number of carboxylic acids is 1. The van der Waals surface area contributed by atoms with E-state index in [1.165, 1.54) is 0 Å². The zero-order valence-electron chi connectivity index (χ0n) is 11.3. The van der Waals surface area contributed by atoms with Gasteiger partial charge in [-0.25, -0.2) is 4.68 Å². The highest BCUT2D eigenvalue weighted by Gasteiger charge is 2.04. The number of carboxylic acid groups (broad SMARTS) is 1. The fourth-order valence-electron chi connectivity index (χ4n) is 1.86. The van der Waals surface area contributed by atoms with Crippen LogP contribution in [0.2, 0.25) is 0 Å². The van der Waals surface area contributed by atoms with E-state index in [1.54, 1.807) is 11.8 Å². The van der Waals surface area contributed by atoms with E-state index in [9.17, 15) is 4.79 Å². The standard InChI is InChI=1S/C14H17N3O3/c1-20-13-8-6-12(7-9-13)17-10-11(15-16-17)4-2-3-5-14(18)19/h6-10H,2-5H2,1H3,(H,18,19). The molecule has 0 radical (unpaired) electrons. The summed E-state index contributed by atoms with van der Waals surface area (Å²) >= 11 is 0. The lowest BCUT2D eigenvalue weighted by Crippen LogP contribution is -1.95. The van der Waals surface area contributed by atoms with Gasteiger partial charge in [0.25, 0.3) is 0 Å². The quantitative estimate of drug-likeness (QED) is 0.783. The van der Waals surface area contributed by atoms with Gasteiger partial charge in [0.2, 0.25) is 0 Å². The highest BCUT2D eigenvalue weighted by atomic mass is 16.5. The molecule has 0 aliphatic heterocycles. The number of aryl methyl sites for hydroxylation is 1. The Balaban J connectivity index is 1.92. The number of carbonyl (C=O) groups is 1. The summed E-state index contributed by atoms with van der Waals surface area (Å²) < 4.78 is 6.80. The van der Waals surface area contributed by atoms with Crippen LogP contribution in [-0.2, 0) is 11.2 Å². The summed E-state index contributed by atoms with van der Waals surface area (Å²) in [6.45, 7) is 0. The summed E-state index contributed by atoms with van der Waals surface area (Å²) in [4.78, 5) is 10.4. The number of methoxy groups -OCH3 is 1. The van der Waals surface area contributed by atoms with E-state index in [-0.39, 0.29) is 6.42 Å². The molecule has 2 rings (SSSR count). The summed E-state index contributed by atoms with van der Waals surface area (Å²) in [5.41, 5.74) is 1.78. The summed E-state index contributed by atoms with van der Waals surface area (Å²) in [5.74, 6) is 0.0367. The maximum absolute atomic E-state index is 10.4. The molecular weight excluding hydrogens is 258 g/mol. The molecule has 0 bridgehead atoms. The maximum Gasteiger partial charge on any atom is 0.303 e. The largest absolute Gasteiger partial charge is 0.497 e. The predicted octanol–water partition coefficient (Wildman–Crippen LogP) is 2.07. The summed E-state index contributed by atoms with van der Waals surface area (Å²) in [5, 5.41) is 16.7. The molecule has 0 unspecified atom stereocenters. The van der Waals surface area contributed by atoms with Gasteiger partial charge < -0.3 is 9.84 Å². The van der Waals surface area contributed by atoms with E-state index in [0.717, 1.165) is 30.0 Å². The first kappa shape index (κ1) is 14.0. The number of ether oxygens (including phenoxy) is 1. The van der Waals surface area contributed by atoms with Crippen LogP contribution in [0.1, 0.15) is 25.0 Å². The first-order valence-corrected chi connectivity index (χ1v) is 6.46. The van der Waals surface area contributed by atoms with Crippen molar-refractivity contribution in [3.63, 3.8) is 0 Å². The minimum Gasteiger partial charge on any atom is -0.497 e. The monoisotopic (exact) mass is 275 g/mol. The van der Waals surface area contributed by atoms with E-state index < -0.39 is 5.97 Å². The first-order chi connectivity index (χ1) is 9.69. The Morgan fingerprint density at radius 3 is 2.70 bits per heavy atom. The summed E-state index contributed by atoms with van der Waals surface area (Å²) in [6, 6.07) is 7.54. The van der Waals surface area contributed by atoms with E-state index in [4.69, 9.17) is 9.84 Å². The Morgan fingerprint density at radius 1 is 1.30 bits per heavy atom. The van der Waals surface area contributed by atoms with Crippen LogP contribution in [0.15, 0.2) is 30.5 Å². The van der Waals surface area contributed by atoms with Crippen LogP contribution in [0.25, 0.3) is 5.69 Å². The fraction of sp³-hybridized carbons (Fsp3) is 0.357. The number of aliphatic carboxylic acids is 1. The molecule has 0 saturated heterocycles. The van der Waals surface area contributed by atoms with Crippen LogP contribution < -0.4 is 4.74 Å². The third-order valence-corrected chi connectivity index (χ3v) is 2.95. The minimum atomic E-state index is -0.758. The highest BCUT2D eigenvalue weighted by Crippen LogP contribution is 2.14. The molecule has 0 fully saturated rings. The van der Waals surface area contributed by atoms with Crippen molar-refractivity contribution in [3.8, 4) is 11.4 Å². The summed E-state index contributed by atoms with van der Waals surface area (Å²) in [7, 11) is 1.62. The molecule has 0 amide bonds. The Morgan fingerprint density at radius 2 is 2.05 bits per heavy atom. The third kappa shape index (κ3) is 3.81. The number of hydrogen-bond donors (Lipinski definition) is 1. The fourth-order valence-corrected chi connectivity index (χ4v) is 1.86. The van der Waals surface area contributed by atoms with E-state index in [2.05, 4.69) is 10.3 Å². The van der Waals surface area contributed by atoms with Crippen molar-refractivity contribution >= 4 is 5.97 Å². The molecule has 20 heavy (non-hydrogen) atoms. The second-order valence-electron chi connectivity index (χ2n) is 4.45. The number of aromatic nitrogens is 3. The van der Waals surface area contributed by atoms with E-state index in [1.807, 2.05) is 30.5 Å². The molecule has 6 nitrogen and oxygen atoms in total. The normalized spacial score (nSPS) is 10.4. The van der Waals surface area contributed by atoms with Crippen LogP contribution in [0, 0.1) is 0 Å².